The summed E-state index contributed by atoms with van der Waals surface area (Å²) in [6.45, 7) is 0.563. The first kappa shape index (κ1) is 19.2. The van der Waals surface area contributed by atoms with Gasteiger partial charge in [0.2, 0.25) is 5.13 Å². The lowest BCUT2D eigenvalue weighted by Crippen LogP contribution is -2.30. The molecule has 27 heavy (non-hydrogen) atoms. The molecule has 0 aliphatic heterocycles. The molecule has 140 valence electrons. The molecule has 0 aliphatic carbocycles. The molecule has 0 atom stereocenters. The van der Waals surface area contributed by atoms with Crippen LogP contribution in [-0.4, -0.2) is 29.9 Å². The van der Waals surface area contributed by atoms with E-state index in [0.29, 0.717) is 11.7 Å². The lowest BCUT2D eigenvalue weighted by atomic mass is 10.1. The molecule has 0 fully saturated rings. The van der Waals surface area contributed by atoms with Crippen molar-refractivity contribution in [2.75, 3.05) is 19.0 Å². The minimum Gasteiger partial charge on any atom is -0.497 e. The Morgan fingerprint density at radius 3 is 2.59 bits per heavy atom. The van der Waals surface area contributed by atoms with E-state index in [1.54, 1.807) is 18.9 Å². The van der Waals surface area contributed by atoms with Crippen LogP contribution in [0.25, 0.3) is 0 Å². The third-order valence-electron chi connectivity index (χ3n) is 3.69. The number of hydrogen-bond acceptors (Lipinski definition) is 6. The number of thioether (sulfide) groups is 1. The summed E-state index contributed by atoms with van der Waals surface area (Å²) in [5, 5.41) is 14.2. The third kappa shape index (κ3) is 6.26. The van der Waals surface area contributed by atoms with Gasteiger partial charge < -0.3 is 10.1 Å². The van der Waals surface area contributed by atoms with Crippen molar-refractivity contribution in [2.24, 2.45) is 0 Å². The molecule has 3 aromatic rings. The van der Waals surface area contributed by atoms with Crippen LogP contribution in [0.1, 0.15) is 11.1 Å². The predicted molar refractivity (Wildman–Crippen MR) is 110 cm³/mol. The van der Waals surface area contributed by atoms with E-state index in [9.17, 15) is 4.79 Å². The molecule has 1 aromatic heterocycles. The van der Waals surface area contributed by atoms with Gasteiger partial charge in [-0.3, -0.25) is 5.32 Å². The highest BCUT2D eigenvalue weighted by Gasteiger charge is 2.08. The van der Waals surface area contributed by atoms with Crippen molar-refractivity contribution >= 4 is 34.3 Å². The van der Waals surface area contributed by atoms with E-state index >= 15 is 0 Å². The van der Waals surface area contributed by atoms with Gasteiger partial charge in [-0.05, 0) is 29.7 Å². The molecule has 0 spiro atoms. The van der Waals surface area contributed by atoms with Crippen molar-refractivity contribution in [3.8, 4) is 5.75 Å². The van der Waals surface area contributed by atoms with Crippen LogP contribution in [0.2, 0.25) is 0 Å². The van der Waals surface area contributed by atoms with E-state index in [1.165, 1.54) is 22.5 Å². The second-order valence-electron chi connectivity index (χ2n) is 5.63. The topological polar surface area (TPSA) is 76.1 Å². The Morgan fingerprint density at radius 1 is 1.07 bits per heavy atom. The van der Waals surface area contributed by atoms with Gasteiger partial charge in [-0.25, -0.2) is 4.79 Å². The zero-order valence-corrected chi connectivity index (χ0v) is 16.5. The number of carbonyl (C=O) groups excluding carboxylic acids is 1. The van der Waals surface area contributed by atoms with Gasteiger partial charge >= 0.3 is 6.03 Å². The number of carbonyl (C=O) groups is 1. The van der Waals surface area contributed by atoms with E-state index in [2.05, 4.69) is 20.8 Å². The number of rotatable bonds is 8. The summed E-state index contributed by atoms with van der Waals surface area (Å²) in [5.74, 6) is 1.62. The Bertz CT molecular complexity index is 854. The molecule has 0 saturated carbocycles. The summed E-state index contributed by atoms with van der Waals surface area (Å²) in [4.78, 5) is 11.9. The molecule has 0 radical (unpaired) electrons. The molecule has 3 rings (SSSR count). The van der Waals surface area contributed by atoms with Crippen LogP contribution in [0.4, 0.5) is 9.93 Å². The van der Waals surface area contributed by atoms with Gasteiger partial charge in [-0.1, -0.05) is 65.6 Å². The summed E-state index contributed by atoms with van der Waals surface area (Å²) in [6, 6.07) is 17.7. The maximum absolute atomic E-state index is 11.9. The van der Waals surface area contributed by atoms with Gasteiger partial charge in [0.05, 0.1) is 7.11 Å². The highest BCUT2D eigenvalue weighted by atomic mass is 32.2. The minimum absolute atomic E-state index is 0.270. The second-order valence-corrected chi connectivity index (χ2v) is 7.83. The highest BCUT2D eigenvalue weighted by Crippen LogP contribution is 2.28. The first-order valence-corrected chi connectivity index (χ1v) is 10.2. The van der Waals surface area contributed by atoms with E-state index in [4.69, 9.17) is 4.74 Å². The molecule has 8 heteroatoms. The number of hydrogen-bond donors (Lipinski definition) is 2. The van der Waals surface area contributed by atoms with Crippen LogP contribution in [0.15, 0.2) is 58.9 Å². The molecule has 0 aliphatic rings. The Morgan fingerprint density at radius 2 is 1.85 bits per heavy atom. The van der Waals surface area contributed by atoms with Gasteiger partial charge in [0.1, 0.15) is 5.75 Å². The van der Waals surface area contributed by atoms with Crippen molar-refractivity contribution in [1.29, 1.82) is 0 Å². The SMILES string of the molecule is COc1ccc(CSc2nnc(NC(=O)NCCc3ccccc3)s2)cc1. The number of amides is 2. The fourth-order valence-electron chi connectivity index (χ4n) is 2.29. The minimum atomic E-state index is -0.270. The van der Waals surface area contributed by atoms with Crippen LogP contribution in [-0.2, 0) is 12.2 Å². The summed E-state index contributed by atoms with van der Waals surface area (Å²) < 4.78 is 5.96. The number of aromatic nitrogens is 2. The van der Waals surface area contributed by atoms with Crippen molar-refractivity contribution in [3.63, 3.8) is 0 Å². The molecular weight excluding hydrogens is 380 g/mol. The smallest absolute Gasteiger partial charge is 0.321 e. The fourth-order valence-corrected chi connectivity index (χ4v) is 3.99. The van der Waals surface area contributed by atoms with E-state index in [0.717, 1.165) is 22.3 Å². The van der Waals surface area contributed by atoms with Gasteiger partial charge in [0.25, 0.3) is 0 Å². The average Bonchev–Trinajstić information content (AvgIpc) is 3.15. The third-order valence-corrected chi connectivity index (χ3v) is 5.73. The van der Waals surface area contributed by atoms with Gasteiger partial charge in [-0.2, -0.15) is 0 Å². The molecule has 0 unspecified atom stereocenters. The highest BCUT2D eigenvalue weighted by molar-refractivity contribution is 8.00. The van der Waals surface area contributed by atoms with Crippen molar-refractivity contribution in [2.45, 2.75) is 16.5 Å². The summed E-state index contributed by atoms with van der Waals surface area (Å²) >= 11 is 2.94. The maximum Gasteiger partial charge on any atom is 0.321 e. The summed E-state index contributed by atoms with van der Waals surface area (Å²) in [5.41, 5.74) is 2.36. The Kier molecular flexibility index (Phi) is 7.06. The zero-order chi connectivity index (χ0) is 18.9. The predicted octanol–water partition coefficient (Wildman–Crippen LogP) is 4.20. The molecule has 0 bridgehead atoms. The second kappa shape index (κ2) is 9.94. The van der Waals surface area contributed by atoms with Crippen LogP contribution >= 0.6 is 23.1 Å². The maximum atomic E-state index is 11.9. The number of anilines is 1. The van der Waals surface area contributed by atoms with Crippen molar-refractivity contribution < 1.29 is 9.53 Å². The molecule has 2 aromatic carbocycles. The number of ether oxygens (including phenoxy) is 1. The van der Waals surface area contributed by atoms with Crippen LogP contribution < -0.4 is 15.4 Å². The Hall–Kier alpha value is -2.58. The normalized spacial score (nSPS) is 10.4. The average molecular weight is 401 g/mol. The van der Waals surface area contributed by atoms with Crippen LogP contribution in [0, 0.1) is 0 Å². The molecular formula is C19H20N4O2S2. The summed E-state index contributed by atoms with van der Waals surface area (Å²) in [7, 11) is 1.65. The first-order chi connectivity index (χ1) is 13.2. The fraction of sp³-hybridized carbons (Fsp3) is 0.211. The monoisotopic (exact) mass is 400 g/mol. The lowest BCUT2D eigenvalue weighted by Gasteiger charge is -2.05. The zero-order valence-electron chi connectivity index (χ0n) is 14.8. The van der Waals surface area contributed by atoms with Gasteiger partial charge in [-0.15, -0.1) is 10.2 Å². The molecule has 0 saturated heterocycles. The summed E-state index contributed by atoms with van der Waals surface area (Å²) in [6.07, 6.45) is 0.785. The van der Waals surface area contributed by atoms with Crippen LogP contribution in [0.3, 0.4) is 0 Å². The number of benzene rings is 2. The van der Waals surface area contributed by atoms with Gasteiger partial charge in [0, 0.05) is 12.3 Å². The number of nitrogens with zero attached hydrogens (tertiary/aromatic N) is 2. The standard InChI is InChI=1S/C19H20N4O2S2/c1-25-16-9-7-15(8-10-16)13-26-19-23-22-18(27-19)21-17(24)20-12-11-14-5-3-2-4-6-14/h2-10H,11-13H2,1H3,(H2,20,21,22,24). The molecule has 1 heterocycles. The largest absolute Gasteiger partial charge is 0.497 e. The number of nitrogens with one attached hydrogen (secondary N) is 2. The number of methoxy groups -OCH3 is 1. The molecule has 6 nitrogen and oxygen atoms in total. The van der Waals surface area contributed by atoms with Gasteiger partial charge in [0.15, 0.2) is 4.34 Å². The number of urea groups is 1. The van der Waals surface area contributed by atoms with E-state index < -0.39 is 0 Å². The van der Waals surface area contributed by atoms with Crippen molar-refractivity contribution in [3.05, 3.63) is 65.7 Å². The lowest BCUT2D eigenvalue weighted by molar-refractivity contribution is 0.252. The van der Waals surface area contributed by atoms with E-state index in [1.807, 2.05) is 54.6 Å². The molecule has 2 amide bonds. The van der Waals surface area contributed by atoms with E-state index in [-0.39, 0.29) is 6.03 Å². The Labute approximate surface area is 166 Å². The first-order valence-electron chi connectivity index (χ1n) is 8.41. The molecule has 2 N–H and O–H groups in total. The van der Waals surface area contributed by atoms with Crippen LogP contribution in [0.5, 0.6) is 5.75 Å². The Balaban J connectivity index is 1.41. The van der Waals surface area contributed by atoms with Crippen molar-refractivity contribution in [1.82, 2.24) is 15.5 Å². The quantitative estimate of drug-likeness (QED) is 0.438.